The topological polar surface area (TPSA) is 85.9 Å². The molecule has 1 unspecified atom stereocenters. The normalized spacial score (nSPS) is 15.0. The van der Waals surface area contributed by atoms with Crippen LogP contribution in [0.25, 0.3) is 11.1 Å². The molecule has 0 radical (unpaired) electrons. The van der Waals surface area contributed by atoms with Gasteiger partial charge in [-0.05, 0) is 60.2 Å². The van der Waals surface area contributed by atoms with Crippen LogP contribution < -0.4 is 30.3 Å². The van der Waals surface area contributed by atoms with Gasteiger partial charge < -0.3 is 24.8 Å². The van der Waals surface area contributed by atoms with Gasteiger partial charge in [0.2, 0.25) is 17.1 Å². The van der Waals surface area contributed by atoms with E-state index < -0.39 is 0 Å². The second kappa shape index (κ2) is 10.7. The zero-order valence-corrected chi connectivity index (χ0v) is 21.3. The molecule has 0 spiro atoms. The molecule has 0 saturated carbocycles. The molecule has 0 bridgehead atoms. The van der Waals surface area contributed by atoms with Crippen LogP contribution in [0, 0.1) is 0 Å². The van der Waals surface area contributed by atoms with E-state index in [1.54, 1.807) is 33.5 Å². The summed E-state index contributed by atoms with van der Waals surface area (Å²) in [4.78, 5) is 25.5. The predicted octanol–water partition coefficient (Wildman–Crippen LogP) is 5.04. The molecule has 0 heterocycles. The van der Waals surface area contributed by atoms with Gasteiger partial charge >= 0.3 is 0 Å². The number of methoxy groups -OCH3 is 3. The first kappa shape index (κ1) is 25.1. The van der Waals surface area contributed by atoms with Gasteiger partial charge in [0.25, 0.3) is 0 Å². The number of benzene rings is 2. The Morgan fingerprint density at radius 2 is 1.69 bits per heavy atom. The maximum atomic E-state index is 13.4. The standard InChI is InChI=1S/C29H32N2O5/c1-17(19-9-7-6-8-10-19)30-24-14-12-21-22(16-25(24)33)23(31-18(2)32)13-11-20-15-26(34-3)28(35-4)29(36-5)27(20)21/h6-10,12,14-17,23H,11,13H2,1-5H3,(H,30,33)(H,31,32)/t17?,23-/m0/s1. The number of fused-ring (bicyclic) bond motifs is 3. The van der Waals surface area contributed by atoms with E-state index in [2.05, 4.69) is 10.6 Å². The number of carbonyl (C=O) groups excluding carboxylic acids is 1. The summed E-state index contributed by atoms with van der Waals surface area (Å²) in [5.74, 6) is 1.42. The summed E-state index contributed by atoms with van der Waals surface area (Å²) >= 11 is 0. The van der Waals surface area contributed by atoms with Crippen molar-refractivity contribution in [2.75, 3.05) is 26.6 Å². The van der Waals surface area contributed by atoms with Gasteiger partial charge in [0.05, 0.1) is 33.1 Å². The molecule has 0 saturated heterocycles. The van der Waals surface area contributed by atoms with Crippen LogP contribution >= 0.6 is 0 Å². The van der Waals surface area contributed by atoms with E-state index in [4.69, 9.17) is 14.2 Å². The third kappa shape index (κ3) is 4.87. The van der Waals surface area contributed by atoms with E-state index in [1.807, 2.05) is 49.4 Å². The van der Waals surface area contributed by atoms with Crippen LogP contribution in [0.1, 0.15) is 49.0 Å². The highest BCUT2D eigenvalue weighted by Crippen LogP contribution is 2.50. The van der Waals surface area contributed by atoms with E-state index in [-0.39, 0.29) is 23.4 Å². The summed E-state index contributed by atoms with van der Waals surface area (Å²) in [5, 5.41) is 6.39. The van der Waals surface area contributed by atoms with Gasteiger partial charge in [0, 0.05) is 18.5 Å². The Bertz CT molecular complexity index is 1320. The Hall–Kier alpha value is -4.00. The Labute approximate surface area is 211 Å². The molecule has 0 fully saturated rings. The molecule has 1 aliphatic carbocycles. The third-order valence-electron chi connectivity index (χ3n) is 6.59. The fourth-order valence-electron chi connectivity index (χ4n) is 4.89. The fourth-order valence-corrected chi connectivity index (χ4v) is 4.89. The van der Waals surface area contributed by atoms with E-state index in [1.165, 1.54) is 6.92 Å². The zero-order valence-electron chi connectivity index (χ0n) is 21.3. The highest BCUT2D eigenvalue weighted by atomic mass is 16.5. The molecule has 3 aromatic carbocycles. The lowest BCUT2D eigenvalue weighted by atomic mass is 9.95. The number of hydrogen-bond donors (Lipinski definition) is 2. The van der Waals surface area contributed by atoms with Crippen LogP contribution in [0.15, 0.2) is 59.4 Å². The highest BCUT2D eigenvalue weighted by molar-refractivity contribution is 5.83. The van der Waals surface area contributed by atoms with Crippen molar-refractivity contribution in [1.82, 2.24) is 5.32 Å². The minimum absolute atomic E-state index is 0.0709. The van der Waals surface area contributed by atoms with Crippen molar-refractivity contribution >= 4 is 11.6 Å². The molecule has 2 atom stereocenters. The molecule has 7 heteroatoms. The lowest BCUT2D eigenvalue weighted by Gasteiger charge is -2.19. The van der Waals surface area contributed by atoms with Crippen molar-refractivity contribution in [3.05, 3.63) is 81.5 Å². The first-order valence-corrected chi connectivity index (χ1v) is 12.0. The van der Waals surface area contributed by atoms with Crippen molar-refractivity contribution in [2.24, 2.45) is 0 Å². The highest BCUT2D eigenvalue weighted by Gasteiger charge is 2.29. The first-order chi connectivity index (χ1) is 17.4. The molecule has 188 valence electrons. The maximum absolute atomic E-state index is 13.4. The van der Waals surface area contributed by atoms with Crippen molar-refractivity contribution in [3.63, 3.8) is 0 Å². The van der Waals surface area contributed by atoms with Crippen molar-refractivity contribution in [3.8, 4) is 28.4 Å². The Balaban J connectivity index is 1.93. The molecule has 0 aromatic heterocycles. The van der Waals surface area contributed by atoms with Gasteiger partial charge in [0.15, 0.2) is 11.5 Å². The van der Waals surface area contributed by atoms with E-state index in [0.717, 1.165) is 27.8 Å². The summed E-state index contributed by atoms with van der Waals surface area (Å²) in [6.07, 6.45) is 1.27. The summed E-state index contributed by atoms with van der Waals surface area (Å²) in [6, 6.07) is 16.8. The second-order valence-electron chi connectivity index (χ2n) is 8.87. The SMILES string of the molecule is COc1cc2c(c(OC)c1OC)-c1ccc(NC(C)c3ccccc3)c(=O)cc1[C@@H](NC(C)=O)CC2. The summed E-state index contributed by atoms with van der Waals surface area (Å²) < 4.78 is 17.1. The van der Waals surface area contributed by atoms with Gasteiger partial charge in [0.1, 0.15) is 0 Å². The Kier molecular flexibility index (Phi) is 7.48. The third-order valence-corrected chi connectivity index (χ3v) is 6.59. The summed E-state index contributed by atoms with van der Waals surface area (Å²) in [6.45, 7) is 3.50. The van der Waals surface area contributed by atoms with Crippen LogP contribution in [-0.4, -0.2) is 27.2 Å². The molecule has 3 aromatic rings. The van der Waals surface area contributed by atoms with Gasteiger partial charge in [-0.2, -0.15) is 0 Å². The Morgan fingerprint density at radius 1 is 0.972 bits per heavy atom. The summed E-state index contributed by atoms with van der Waals surface area (Å²) in [5.41, 5.74) is 4.75. The van der Waals surface area contributed by atoms with Crippen LogP contribution in [0.2, 0.25) is 0 Å². The van der Waals surface area contributed by atoms with Gasteiger partial charge in [-0.15, -0.1) is 0 Å². The van der Waals surface area contributed by atoms with Crippen LogP contribution in [0.3, 0.4) is 0 Å². The predicted molar refractivity (Wildman–Crippen MR) is 141 cm³/mol. The van der Waals surface area contributed by atoms with Crippen LogP contribution in [-0.2, 0) is 11.2 Å². The fraction of sp³-hybridized carbons (Fsp3) is 0.310. The number of aryl methyl sites for hydroxylation is 1. The molecular formula is C29H32N2O5. The van der Waals surface area contributed by atoms with Gasteiger partial charge in [-0.1, -0.05) is 36.4 Å². The lowest BCUT2D eigenvalue weighted by molar-refractivity contribution is -0.119. The number of rotatable bonds is 7. The minimum atomic E-state index is -0.342. The average Bonchev–Trinajstić information content (AvgIpc) is 3.12. The average molecular weight is 489 g/mol. The molecule has 0 aliphatic heterocycles. The van der Waals surface area contributed by atoms with Gasteiger partial charge in [-0.25, -0.2) is 0 Å². The van der Waals surface area contributed by atoms with Crippen LogP contribution in [0.5, 0.6) is 17.2 Å². The van der Waals surface area contributed by atoms with Crippen LogP contribution in [0.4, 0.5) is 5.69 Å². The second-order valence-corrected chi connectivity index (χ2v) is 8.87. The van der Waals surface area contributed by atoms with E-state index >= 15 is 0 Å². The van der Waals surface area contributed by atoms with Crippen molar-refractivity contribution in [2.45, 2.75) is 38.8 Å². The number of carbonyl (C=O) groups is 1. The number of amides is 1. The first-order valence-electron chi connectivity index (χ1n) is 12.0. The molecule has 2 N–H and O–H groups in total. The number of nitrogens with one attached hydrogen (secondary N) is 2. The van der Waals surface area contributed by atoms with E-state index in [0.29, 0.717) is 35.8 Å². The zero-order chi connectivity index (χ0) is 25.8. The van der Waals surface area contributed by atoms with Crippen molar-refractivity contribution in [1.29, 1.82) is 0 Å². The largest absolute Gasteiger partial charge is 0.493 e. The van der Waals surface area contributed by atoms with Crippen molar-refractivity contribution < 1.29 is 19.0 Å². The molecule has 36 heavy (non-hydrogen) atoms. The molecular weight excluding hydrogens is 456 g/mol. The summed E-state index contributed by atoms with van der Waals surface area (Å²) in [7, 11) is 4.74. The number of anilines is 1. The molecule has 7 nitrogen and oxygen atoms in total. The molecule has 4 rings (SSSR count). The minimum Gasteiger partial charge on any atom is -0.493 e. The lowest BCUT2D eigenvalue weighted by Crippen LogP contribution is -2.26. The monoisotopic (exact) mass is 488 g/mol. The molecule has 1 amide bonds. The number of hydrogen-bond acceptors (Lipinski definition) is 6. The molecule has 1 aliphatic rings. The Morgan fingerprint density at radius 3 is 2.33 bits per heavy atom. The van der Waals surface area contributed by atoms with E-state index in [9.17, 15) is 9.59 Å². The van der Waals surface area contributed by atoms with Gasteiger partial charge in [-0.3, -0.25) is 9.59 Å². The quantitative estimate of drug-likeness (QED) is 0.485. The smallest absolute Gasteiger partial charge is 0.217 e. The maximum Gasteiger partial charge on any atom is 0.217 e. The number of ether oxygens (including phenoxy) is 3.